The molecule has 116 valence electrons. The van der Waals surface area contributed by atoms with Crippen LogP contribution in [0.3, 0.4) is 0 Å². The van der Waals surface area contributed by atoms with Crippen LogP contribution < -0.4 is 10.6 Å². The Kier molecular flexibility index (Phi) is 4.40. The van der Waals surface area contributed by atoms with Crippen LogP contribution in [0.4, 0.5) is 5.82 Å². The van der Waals surface area contributed by atoms with Crippen LogP contribution in [0.5, 0.6) is 0 Å². The fourth-order valence-electron chi connectivity index (χ4n) is 2.99. The van der Waals surface area contributed by atoms with Crippen LogP contribution in [0.15, 0.2) is 17.3 Å². The first-order chi connectivity index (χ1) is 9.81. The van der Waals surface area contributed by atoms with E-state index in [9.17, 15) is 0 Å². The minimum Gasteiger partial charge on any atom is -0.409 e. The molecule has 21 heavy (non-hydrogen) atoms. The monoisotopic (exact) mass is 290 g/mol. The molecule has 2 rings (SSSR count). The highest BCUT2D eigenvalue weighted by atomic mass is 16.4. The van der Waals surface area contributed by atoms with Crippen molar-refractivity contribution in [2.45, 2.75) is 40.5 Å². The number of piperidine rings is 1. The largest absolute Gasteiger partial charge is 0.409 e. The van der Waals surface area contributed by atoms with Gasteiger partial charge in [0.25, 0.3) is 0 Å². The molecule has 0 saturated carbocycles. The van der Waals surface area contributed by atoms with E-state index >= 15 is 0 Å². The van der Waals surface area contributed by atoms with Gasteiger partial charge in [-0.3, -0.25) is 0 Å². The van der Waals surface area contributed by atoms with E-state index in [1.165, 1.54) is 12.8 Å². The van der Waals surface area contributed by atoms with Crippen LogP contribution in [-0.2, 0) is 0 Å². The summed E-state index contributed by atoms with van der Waals surface area (Å²) in [4.78, 5) is 6.89. The summed E-state index contributed by atoms with van der Waals surface area (Å²) in [5, 5.41) is 11.9. The minimum atomic E-state index is 0.131. The Morgan fingerprint density at radius 2 is 1.95 bits per heavy atom. The first-order valence-electron chi connectivity index (χ1n) is 7.53. The highest BCUT2D eigenvalue weighted by Crippen LogP contribution is 2.35. The lowest BCUT2D eigenvalue weighted by Crippen LogP contribution is -2.38. The molecule has 2 heterocycles. The van der Waals surface area contributed by atoms with Crippen molar-refractivity contribution in [3.63, 3.8) is 0 Å². The molecule has 0 aromatic carbocycles. The third kappa shape index (κ3) is 3.65. The molecule has 0 aliphatic carbocycles. The second-order valence-corrected chi connectivity index (χ2v) is 6.97. The number of pyridine rings is 1. The number of rotatable bonds is 2. The van der Waals surface area contributed by atoms with E-state index < -0.39 is 0 Å². The van der Waals surface area contributed by atoms with Gasteiger partial charge in [0, 0.05) is 24.3 Å². The van der Waals surface area contributed by atoms with E-state index in [0.717, 1.165) is 36.1 Å². The molecule has 0 amide bonds. The van der Waals surface area contributed by atoms with Crippen LogP contribution in [0.1, 0.15) is 44.9 Å². The molecule has 0 radical (unpaired) electrons. The van der Waals surface area contributed by atoms with Crippen molar-refractivity contribution in [1.29, 1.82) is 0 Å². The van der Waals surface area contributed by atoms with Gasteiger partial charge >= 0.3 is 0 Å². The fourth-order valence-corrected chi connectivity index (χ4v) is 2.99. The first-order valence-corrected chi connectivity index (χ1v) is 7.53. The van der Waals surface area contributed by atoms with Crippen molar-refractivity contribution in [1.82, 2.24) is 4.98 Å². The number of nitrogens with zero attached hydrogens (tertiary/aromatic N) is 3. The molecule has 0 unspecified atom stereocenters. The molecule has 1 aromatic rings. The van der Waals surface area contributed by atoms with Gasteiger partial charge in [-0.25, -0.2) is 4.98 Å². The van der Waals surface area contributed by atoms with Gasteiger partial charge in [-0.2, -0.15) is 0 Å². The number of oxime groups is 1. The van der Waals surface area contributed by atoms with Gasteiger partial charge < -0.3 is 15.8 Å². The average molecular weight is 290 g/mol. The molecule has 1 saturated heterocycles. The summed E-state index contributed by atoms with van der Waals surface area (Å²) in [5.41, 5.74) is 7.66. The third-order valence-corrected chi connectivity index (χ3v) is 4.39. The van der Waals surface area contributed by atoms with Crippen molar-refractivity contribution in [2.24, 2.45) is 22.2 Å². The molecule has 1 fully saturated rings. The van der Waals surface area contributed by atoms with Gasteiger partial charge in [0.15, 0.2) is 5.84 Å². The van der Waals surface area contributed by atoms with Gasteiger partial charge in [0.05, 0.1) is 0 Å². The molecule has 3 N–H and O–H groups in total. The summed E-state index contributed by atoms with van der Waals surface area (Å²) in [6.45, 7) is 10.9. The summed E-state index contributed by atoms with van der Waals surface area (Å²) < 4.78 is 0. The highest BCUT2D eigenvalue weighted by molar-refractivity contribution is 5.97. The normalized spacial score (nSPS) is 18.1. The Hall–Kier alpha value is -1.78. The Morgan fingerprint density at radius 1 is 1.33 bits per heavy atom. The maximum Gasteiger partial charge on any atom is 0.170 e. The molecule has 0 bridgehead atoms. The number of hydrogen-bond donors (Lipinski definition) is 2. The van der Waals surface area contributed by atoms with Gasteiger partial charge in [0.2, 0.25) is 0 Å². The molecule has 5 nitrogen and oxygen atoms in total. The Balaban J connectivity index is 2.15. The second-order valence-electron chi connectivity index (χ2n) is 6.97. The van der Waals surface area contributed by atoms with E-state index in [2.05, 4.69) is 35.8 Å². The molecule has 0 atom stereocenters. The molecule has 5 heteroatoms. The Labute approximate surface area is 126 Å². The number of anilines is 1. The summed E-state index contributed by atoms with van der Waals surface area (Å²) >= 11 is 0. The van der Waals surface area contributed by atoms with Crippen molar-refractivity contribution >= 4 is 11.7 Å². The number of nitrogens with two attached hydrogens (primary N) is 1. The lowest BCUT2D eigenvalue weighted by atomic mass is 9.75. The summed E-state index contributed by atoms with van der Waals surface area (Å²) in [6.07, 6.45) is 2.36. The van der Waals surface area contributed by atoms with Gasteiger partial charge in [-0.1, -0.05) is 25.9 Å². The van der Waals surface area contributed by atoms with E-state index in [1.54, 1.807) is 0 Å². The van der Waals surface area contributed by atoms with Crippen molar-refractivity contribution in [3.8, 4) is 0 Å². The van der Waals surface area contributed by atoms with E-state index in [1.807, 2.05) is 19.1 Å². The Morgan fingerprint density at radius 3 is 2.48 bits per heavy atom. The first kappa shape index (κ1) is 15.6. The van der Waals surface area contributed by atoms with Gasteiger partial charge in [-0.15, -0.1) is 0 Å². The van der Waals surface area contributed by atoms with Crippen molar-refractivity contribution in [3.05, 3.63) is 23.4 Å². The summed E-state index contributed by atoms with van der Waals surface area (Å²) in [6, 6.07) is 3.74. The topological polar surface area (TPSA) is 74.7 Å². The number of aromatic nitrogens is 1. The number of amidine groups is 1. The van der Waals surface area contributed by atoms with Gasteiger partial charge in [0.1, 0.15) is 5.82 Å². The third-order valence-electron chi connectivity index (χ3n) is 4.39. The van der Waals surface area contributed by atoms with E-state index in [-0.39, 0.29) is 5.84 Å². The zero-order valence-corrected chi connectivity index (χ0v) is 13.4. The number of aryl methyl sites for hydroxylation is 1. The van der Waals surface area contributed by atoms with Crippen LogP contribution in [0.25, 0.3) is 0 Å². The summed E-state index contributed by atoms with van der Waals surface area (Å²) in [7, 11) is 0. The zero-order chi connectivity index (χ0) is 15.6. The fraction of sp³-hybridized carbons (Fsp3) is 0.625. The molecular formula is C16H26N4O. The molecule has 0 spiro atoms. The molecule has 1 aliphatic rings. The second kappa shape index (κ2) is 5.92. The lowest BCUT2D eigenvalue weighted by molar-refractivity contribution is 0.198. The summed E-state index contributed by atoms with van der Waals surface area (Å²) in [5.74, 6) is 1.80. The highest BCUT2D eigenvalue weighted by Gasteiger charge is 2.29. The van der Waals surface area contributed by atoms with Crippen LogP contribution >= 0.6 is 0 Å². The van der Waals surface area contributed by atoms with Crippen LogP contribution in [-0.4, -0.2) is 29.1 Å². The van der Waals surface area contributed by atoms with E-state index in [0.29, 0.717) is 5.41 Å². The van der Waals surface area contributed by atoms with Crippen molar-refractivity contribution in [2.75, 3.05) is 18.0 Å². The predicted molar refractivity (Wildman–Crippen MR) is 85.9 cm³/mol. The predicted octanol–water partition coefficient (Wildman–Crippen LogP) is 2.75. The SMILES string of the molecule is Cc1cc(/C(N)=N/O)cc(N2CCC(C(C)(C)C)CC2)n1. The standard InChI is InChI=1S/C16H26N4O/c1-11-9-12(15(17)19-21)10-14(18-11)20-7-5-13(6-8-20)16(2,3)4/h9-10,13,21H,5-8H2,1-4H3,(H2,17,19). The zero-order valence-electron chi connectivity index (χ0n) is 13.4. The van der Waals surface area contributed by atoms with Gasteiger partial charge in [-0.05, 0) is 43.2 Å². The van der Waals surface area contributed by atoms with Crippen LogP contribution in [0.2, 0.25) is 0 Å². The molecular weight excluding hydrogens is 264 g/mol. The smallest absolute Gasteiger partial charge is 0.170 e. The molecule has 1 aromatic heterocycles. The lowest BCUT2D eigenvalue weighted by Gasteiger charge is -2.39. The maximum atomic E-state index is 8.83. The van der Waals surface area contributed by atoms with E-state index in [4.69, 9.17) is 10.9 Å². The number of hydrogen-bond acceptors (Lipinski definition) is 4. The quantitative estimate of drug-likeness (QED) is 0.380. The Bertz CT molecular complexity index is 526. The average Bonchev–Trinajstić information content (AvgIpc) is 2.45. The molecule has 1 aliphatic heterocycles. The van der Waals surface area contributed by atoms with Crippen molar-refractivity contribution < 1.29 is 5.21 Å². The minimum absolute atomic E-state index is 0.131. The maximum absolute atomic E-state index is 8.83. The van der Waals surface area contributed by atoms with Crippen LogP contribution in [0, 0.1) is 18.3 Å².